The molecule has 0 bridgehead atoms. The van der Waals surface area contributed by atoms with Crippen LogP contribution < -0.4 is 0 Å². The molecule has 0 fully saturated rings. The quantitative estimate of drug-likeness (QED) is 0.654. The van der Waals surface area contributed by atoms with Crippen molar-refractivity contribution in [2.75, 3.05) is 0 Å². The minimum Gasteiger partial charge on any atom is -0.481 e. The highest BCUT2D eigenvalue weighted by Crippen LogP contribution is 2.34. The van der Waals surface area contributed by atoms with Gasteiger partial charge in [0.25, 0.3) is 0 Å². The molecule has 0 radical (unpaired) electrons. The molecule has 0 aromatic heterocycles. The minimum absolute atomic E-state index is 0.117. The zero-order chi connectivity index (χ0) is 10.9. The number of carboxylic acid groups (broad SMARTS) is 2. The van der Waals surface area contributed by atoms with Crippen LogP contribution in [0.2, 0.25) is 0 Å². The van der Waals surface area contributed by atoms with Crippen LogP contribution in [0.3, 0.4) is 0 Å². The Bertz CT molecular complexity index is 282. The zero-order valence-corrected chi connectivity index (χ0v) is 8.18. The highest BCUT2D eigenvalue weighted by atomic mass is 16.4. The van der Waals surface area contributed by atoms with Gasteiger partial charge in [-0.3, -0.25) is 9.59 Å². The second kappa shape index (κ2) is 3.82. The lowest BCUT2D eigenvalue weighted by atomic mass is 9.72. The van der Waals surface area contributed by atoms with Crippen LogP contribution in [0.1, 0.15) is 13.8 Å². The van der Waals surface area contributed by atoms with Crippen LogP contribution in [0, 0.1) is 23.7 Å². The molecule has 0 spiro atoms. The van der Waals surface area contributed by atoms with Crippen LogP contribution in [0.5, 0.6) is 0 Å². The van der Waals surface area contributed by atoms with Crippen LogP contribution in [0.25, 0.3) is 0 Å². The molecule has 4 unspecified atom stereocenters. The third-order valence-electron chi connectivity index (χ3n) is 2.98. The molecule has 4 nitrogen and oxygen atoms in total. The molecule has 0 aliphatic heterocycles. The van der Waals surface area contributed by atoms with Crippen LogP contribution in [-0.4, -0.2) is 22.2 Å². The van der Waals surface area contributed by atoms with Gasteiger partial charge in [-0.2, -0.15) is 0 Å². The van der Waals surface area contributed by atoms with Crippen molar-refractivity contribution in [3.8, 4) is 0 Å². The summed E-state index contributed by atoms with van der Waals surface area (Å²) in [6.07, 6.45) is 3.27. The van der Waals surface area contributed by atoms with Crippen molar-refractivity contribution >= 4 is 11.9 Å². The van der Waals surface area contributed by atoms with Crippen molar-refractivity contribution in [3.63, 3.8) is 0 Å². The van der Waals surface area contributed by atoms with E-state index in [-0.39, 0.29) is 11.8 Å². The first kappa shape index (κ1) is 10.8. The molecule has 1 aliphatic carbocycles. The van der Waals surface area contributed by atoms with Gasteiger partial charge < -0.3 is 10.2 Å². The van der Waals surface area contributed by atoms with Crippen molar-refractivity contribution in [2.45, 2.75) is 13.8 Å². The average molecular weight is 198 g/mol. The predicted octanol–water partition coefficient (Wildman–Crippen LogP) is 1.23. The third-order valence-corrected chi connectivity index (χ3v) is 2.98. The number of allylic oxidation sites excluding steroid dienone is 1. The van der Waals surface area contributed by atoms with Gasteiger partial charge in [0.15, 0.2) is 0 Å². The monoisotopic (exact) mass is 198 g/mol. The highest BCUT2D eigenvalue weighted by molar-refractivity contribution is 5.82. The number of hydrogen-bond acceptors (Lipinski definition) is 2. The molecule has 0 saturated heterocycles. The van der Waals surface area contributed by atoms with Gasteiger partial charge in [0.05, 0.1) is 11.8 Å². The lowest BCUT2D eigenvalue weighted by Crippen LogP contribution is -2.38. The zero-order valence-electron chi connectivity index (χ0n) is 8.18. The SMILES string of the molecule is CC1C=CC(C(=O)O)C(C(=O)O)C1C. The molecule has 4 atom stereocenters. The fourth-order valence-corrected chi connectivity index (χ4v) is 1.86. The Hall–Kier alpha value is -1.32. The van der Waals surface area contributed by atoms with Crippen LogP contribution >= 0.6 is 0 Å². The van der Waals surface area contributed by atoms with Gasteiger partial charge in [0.2, 0.25) is 0 Å². The molecule has 78 valence electrons. The molecular weight excluding hydrogens is 184 g/mol. The van der Waals surface area contributed by atoms with Crippen molar-refractivity contribution in [2.24, 2.45) is 23.7 Å². The Balaban J connectivity index is 3.00. The second-order valence-corrected chi connectivity index (χ2v) is 3.83. The Kier molecular flexibility index (Phi) is 2.93. The highest BCUT2D eigenvalue weighted by Gasteiger charge is 2.40. The number of carboxylic acids is 2. The summed E-state index contributed by atoms with van der Waals surface area (Å²) in [6.45, 7) is 3.68. The first-order valence-corrected chi connectivity index (χ1v) is 4.59. The van der Waals surface area contributed by atoms with Gasteiger partial charge in [0, 0.05) is 0 Å². The van der Waals surface area contributed by atoms with Gasteiger partial charge in [-0.25, -0.2) is 0 Å². The van der Waals surface area contributed by atoms with Crippen LogP contribution in [0.4, 0.5) is 0 Å². The summed E-state index contributed by atoms with van der Waals surface area (Å²) >= 11 is 0. The first-order valence-electron chi connectivity index (χ1n) is 4.59. The molecule has 1 rings (SSSR count). The van der Waals surface area contributed by atoms with E-state index in [9.17, 15) is 9.59 Å². The molecule has 2 N–H and O–H groups in total. The summed E-state index contributed by atoms with van der Waals surface area (Å²) in [5, 5.41) is 17.8. The summed E-state index contributed by atoms with van der Waals surface area (Å²) in [5.74, 6) is -3.81. The summed E-state index contributed by atoms with van der Waals surface area (Å²) < 4.78 is 0. The van der Waals surface area contributed by atoms with E-state index in [1.807, 2.05) is 6.92 Å². The van der Waals surface area contributed by atoms with Crippen molar-refractivity contribution in [1.82, 2.24) is 0 Å². The van der Waals surface area contributed by atoms with E-state index < -0.39 is 23.8 Å². The Labute approximate surface area is 82.2 Å². The van der Waals surface area contributed by atoms with Gasteiger partial charge in [-0.15, -0.1) is 0 Å². The fraction of sp³-hybridized carbons (Fsp3) is 0.600. The van der Waals surface area contributed by atoms with Gasteiger partial charge in [0.1, 0.15) is 0 Å². The fourth-order valence-electron chi connectivity index (χ4n) is 1.86. The molecule has 0 saturated carbocycles. The molecular formula is C10H14O4. The molecule has 1 aliphatic rings. The van der Waals surface area contributed by atoms with Crippen molar-refractivity contribution in [3.05, 3.63) is 12.2 Å². The molecule has 0 aromatic rings. The number of carbonyl (C=O) groups is 2. The Morgan fingerprint density at radius 2 is 1.64 bits per heavy atom. The predicted molar refractivity (Wildman–Crippen MR) is 49.7 cm³/mol. The number of hydrogen-bond donors (Lipinski definition) is 2. The van der Waals surface area contributed by atoms with E-state index in [2.05, 4.69) is 0 Å². The van der Waals surface area contributed by atoms with Crippen LogP contribution in [-0.2, 0) is 9.59 Å². The average Bonchev–Trinajstić information content (AvgIpc) is 2.08. The summed E-state index contributed by atoms with van der Waals surface area (Å²) in [4.78, 5) is 21.7. The third kappa shape index (κ3) is 1.78. The van der Waals surface area contributed by atoms with Crippen LogP contribution in [0.15, 0.2) is 12.2 Å². The minimum atomic E-state index is -1.06. The van der Waals surface area contributed by atoms with E-state index in [1.54, 1.807) is 13.0 Å². The first-order chi connectivity index (χ1) is 6.45. The smallest absolute Gasteiger partial charge is 0.311 e. The van der Waals surface area contributed by atoms with E-state index in [4.69, 9.17) is 10.2 Å². The molecule has 4 heteroatoms. The van der Waals surface area contributed by atoms with E-state index >= 15 is 0 Å². The van der Waals surface area contributed by atoms with E-state index in [0.29, 0.717) is 0 Å². The summed E-state index contributed by atoms with van der Waals surface area (Å²) in [5.41, 5.74) is 0. The van der Waals surface area contributed by atoms with E-state index in [0.717, 1.165) is 0 Å². The lowest BCUT2D eigenvalue weighted by molar-refractivity contribution is -0.154. The number of rotatable bonds is 2. The largest absolute Gasteiger partial charge is 0.481 e. The van der Waals surface area contributed by atoms with Crippen molar-refractivity contribution in [1.29, 1.82) is 0 Å². The van der Waals surface area contributed by atoms with Gasteiger partial charge in [-0.05, 0) is 11.8 Å². The summed E-state index contributed by atoms with van der Waals surface area (Å²) in [6, 6.07) is 0. The molecule has 0 amide bonds. The normalized spacial score (nSPS) is 36.7. The molecule has 14 heavy (non-hydrogen) atoms. The van der Waals surface area contributed by atoms with Gasteiger partial charge >= 0.3 is 11.9 Å². The Morgan fingerprint density at radius 3 is 2.07 bits per heavy atom. The molecule has 0 aromatic carbocycles. The summed E-state index contributed by atoms with van der Waals surface area (Å²) in [7, 11) is 0. The topological polar surface area (TPSA) is 74.6 Å². The standard InChI is InChI=1S/C10H14O4/c1-5-3-4-7(9(11)12)8(6(5)2)10(13)14/h3-8H,1-2H3,(H,11,12)(H,13,14). The maximum atomic E-state index is 10.9. The van der Waals surface area contributed by atoms with Crippen molar-refractivity contribution < 1.29 is 19.8 Å². The van der Waals surface area contributed by atoms with E-state index in [1.165, 1.54) is 6.08 Å². The maximum Gasteiger partial charge on any atom is 0.311 e. The second-order valence-electron chi connectivity index (χ2n) is 3.83. The lowest BCUT2D eigenvalue weighted by Gasteiger charge is -2.31. The van der Waals surface area contributed by atoms with Gasteiger partial charge in [-0.1, -0.05) is 26.0 Å². The maximum absolute atomic E-state index is 10.9. The molecule has 0 heterocycles. The Morgan fingerprint density at radius 1 is 1.07 bits per heavy atom. The number of aliphatic carboxylic acids is 2.